The molecule has 0 fully saturated rings. The Morgan fingerprint density at radius 1 is 1.15 bits per heavy atom. The van der Waals surface area contributed by atoms with Crippen molar-refractivity contribution in [1.82, 2.24) is 14.9 Å². The van der Waals surface area contributed by atoms with Gasteiger partial charge in [0, 0.05) is 12.6 Å². The van der Waals surface area contributed by atoms with Gasteiger partial charge >= 0.3 is 0 Å². The van der Waals surface area contributed by atoms with Crippen molar-refractivity contribution in [2.75, 3.05) is 5.32 Å². The highest BCUT2D eigenvalue weighted by molar-refractivity contribution is 6.40. The van der Waals surface area contributed by atoms with Crippen LogP contribution in [0.3, 0.4) is 0 Å². The molecule has 2 aromatic rings. The van der Waals surface area contributed by atoms with Gasteiger partial charge in [-0.1, -0.05) is 29.3 Å². The summed E-state index contributed by atoms with van der Waals surface area (Å²) in [5.41, 5.74) is 1.35. The predicted octanol–water partition coefficient (Wildman–Crippen LogP) is 3.92. The lowest BCUT2D eigenvalue weighted by Gasteiger charge is -2.17. The third-order valence-corrected chi connectivity index (χ3v) is 4.79. The minimum atomic E-state index is -0.422. The molecule has 0 saturated carbocycles. The molecule has 0 bridgehead atoms. The Hall–Kier alpha value is -2.05. The van der Waals surface area contributed by atoms with Crippen LogP contribution in [0.15, 0.2) is 18.2 Å². The van der Waals surface area contributed by atoms with E-state index in [0.717, 1.165) is 18.5 Å². The zero-order chi connectivity index (χ0) is 18.8. The number of imidazole rings is 1. The third kappa shape index (κ3) is 3.71. The molecule has 0 radical (unpaired) electrons. The van der Waals surface area contributed by atoms with Gasteiger partial charge in [-0.05, 0) is 45.2 Å². The van der Waals surface area contributed by atoms with E-state index in [1.54, 1.807) is 18.2 Å². The van der Waals surface area contributed by atoms with E-state index in [-0.39, 0.29) is 23.5 Å². The van der Waals surface area contributed by atoms with E-state index >= 15 is 0 Å². The zero-order valence-corrected chi connectivity index (χ0v) is 16.1. The second-order valence-electron chi connectivity index (χ2n) is 6.52. The van der Waals surface area contributed by atoms with E-state index < -0.39 is 5.91 Å². The van der Waals surface area contributed by atoms with Crippen LogP contribution in [0.25, 0.3) is 0 Å². The summed E-state index contributed by atoms with van der Waals surface area (Å²) < 4.78 is 1.84. The number of hydrogen-bond donors (Lipinski definition) is 2. The van der Waals surface area contributed by atoms with Gasteiger partial charge in [0.1, 0.15) is 0 Å². The Morgan fingerprint density at radius 2 is 1.85 bits per heavy atom. The summed E-state index contributed by atoms with van der Waals surface area (Å²) in [6.07, 6.45) is 2.59. The fraction of sp³-hybridized carbons (Fsp3) is 0.389. The minimum Gasteiger partial charge on any atom is -0.347 e. The topological polar surface area (TPSA) is 76.0 Å². The van der Waals surface area contributed by atoms with Gasteiger partial charge in [-0.3, -0.25) is 9.59 Å². The summed E-state index contributed by atoms with van der Waals surface area (Å²) in [5.74, 6) is -0.434. The van der Waals surface area contributed by atoms with Gasteiger partial charge in [-0.2, -0.15) is 0 Å². The van der Waals surface area contributed by atoms with Crippen LogP contribution in [0.1, 0.15) is 53.5 Å². The fourth-order valence-corrected chi connectivity index (χ4v) is 3.51. The number of amides is 2. The highest BCUT2D eigenvalue weighted by Gasteiger charge is 2.28. The molecule has 0 spiro atoms. The molecule has 2 amide bonds. The maximum Gasteiger partial charge on any atom is 0.287 e. The molecule has 8 heteroatoms. The summed E-state index contributed by atoms with van der Waals surface area (Å²) in [6, 6.07) is 4.98. The number of anilines is 1. The van der Waals surface area contributed by atoms with Gasteiger partial charge in [0.15, 0.2) is 11.5 Å². The molecule has 1 aliphatic rings. The second-order valence-corrected chi connectivity index (χ2v) is 7.33. The number of halogens is 2. The number of fused-ring (bicyclic) bond motifs is 1. The smallest absolute Gasteiger partial charge is 0.287 e. The molecule has 1 aliphatic heterocycles. The van der Waals surface area contributed by atoms with Gasteiger partial charge < -0.3 is 15.2 Å². The molecular weight excluding hydrogens is 375 g/mol. The number of nitrogens with zero attached hydrogens (tertiary/aromatic N) is 2. The van der Waals surface area contributed by atoms with Crippen molar-refractivity contribution in [3.05, 3.63) is 45.5 Å². The molecule has 2 heterocycles. The van der Waals surface area contributed by atoms with Crippen LogP contribution >= 0.6 is 23.2 Å². The van der Waals surface area contributed by atoms with Crippen LogP contribution in [0, 0.1) is 0 Å². The second kappa shape index (κ2) is 7.68. The average molecular weight is 395 g/mol. The Bertz CT molecular complexity index is 841. The Balaban J connectivity index is 1.95. The first-order valence-corrected chi connectivity index (χ1v) is 9.29. The predicted molar refractivity (Wildman–Crippen MR) is 102 cm³/mol. The van der Waals surface area contributed by atoms with E-state index in [0.29, 0.717) is 28.7 Å². The number of hydrogen-bond acceptors (Lipinski definition) is 3. The normalized spacial score (nSPS) is 13.4. The number of carbonyl (C=O) groups excluding carboxylic acids is 2. The fourth-order valence-electron chi connectivity index (χ4n) is 3.01. The maximum atomic E-state index is 12.8. The van der Waals surface area contributed by atoms with Crippen LogP contribution in [0.5, 0.6) is 0 Å². The largest absolute Gasteiger partial charge is 0.347 e. The van der Waals surface area contributed by atoms with Crippen molar-refractivity contribution in [3.63, 3.8) is 0 Å². The number of aromatic nitrogens is 2. The maximum absolute atomic E-state index is 12.8. The summed E-state index contributed by atoms with van der Waals surface area (Å²) in [6.45, 7) is 4.43. The highest BCUT2D eigenvalue weighted by Crippen LogP contribution is 2.31. The van der Waals surface area contributed by atoms with Crippen molar-refractivity contribution in [1.29, 1.82) is 0 Å². The first-order valence-electron chi connectivity index (χ1n) is 8.54. The van der Waals surface area contributed by atoms with Gasteiger partial charge in [-0.15, -0.1) is 0 Å². The van der Waals surface area contributed by atoms with E-state index in [1.165, 1.54) is 0 Å². The number of carbonyl (C=O) groups is 2. The van der Waals surface area contributed by atoms with Crippen LogP contribution in [-0.2, 0) is 13.0 Å². The number of para-hydroxylation sites is 1. The highest BCUT2D eigenvalue weighted by atomic mass is 35.5. The SMILES string of the molecule is CC(C)NC(=O)c1nc(C(=O)Nc2c(Cl)cccc2Cl)c2n1CCCC2. The molecule has 26 heavy (non-hydrogen) atoms. The van der Waals surface area contributed by atoms with Gasteiger partial charge in [-0.25, -0.2) is 4.98 Å². The van der Waals surface area contributed by atoms with Gasteiger partial charge in [0.25, 0.3) is 11.8 Å². The minimum absolute atomic E-state index is 0.0155. The lowest BCUT2D eigenvalue weighted by molar-refractivity contribution is 0.0927. The Labute approximate surface area is 161 Å². The van der Waals surface area contributed by atoms with E-state index in [2.05, 4.69) is 15.6 Å². The van der Waals surface area contributed by atoms with Crippen molar-refractivity contribution in [2.45, 2.75) is 45.7 Å². The Kier molecular flexibility index (Phi) is 5.53. The van der Waals surface area contributed by atoms with E-state index in [4.69, 9.17) is 23.2 Å². The molecular formula is C18H20Cl2N4O2. The van der Waals surface area contributed by atoms with Crippen LogP contribution < -0.4 is 10.6 Å². The summed E-state index contributed by atoms with van der Waals surface area (Å²) in [5, 5.41) is 6.25. The Morgan fingerprint density at radius 3 is 2.50 bits per heavy atom. The summed E-state index contributed by atoms with van der Waals surface area (Å²) >= 11 is 12.3. The molecule has 0 unspecified atom stereocenters. The molecule has 1 aromatic carbocycles. The lowest BCUT2D eigenvalue weighted by Crippen LogP contribution is -2.33. The van der Waals surface area contributed by atoms with Crippen molar-refractivity contribution < 1.29 is 9.59 Å². The number of benzene rings is 1. The van der Waals surface area contributed by atoms with Crippen molar-refractivity contribution in [2.24, 2.45) is 0 Å². The summed E-state index contributed by atoms with van der Waals surface area (Å²) in [4.78, 5) is 29.6. The molecule has 0 saturated heterocycles. The molecule has 0 aliphatic carbocycles. The quantitative estimate of drug-likeness (QED) is 0.824. The molecule has 1 aromatic heterocycles. The van der Waals surface area contributed by atoms with E-state index in [1.807, 2.05) is 18.4 Å². The monoisotopic (exact) mass is 394 g/mol. The number of rotatable bonds is 4. The van der Waals surface area contributed by atoms with Gasteiger partial charge in [0.05, 0.1) is 21.4 Å². The molecule has 0 atom stereocenters. The van der Waals surface area contributed by atoms with Crippen molar-refractivity contribution in [3.8, 4) is 0 Å². The van der Waals surface area contributed by atoms with E-state index in [9.17, 15) is 9.59 Å². The van der Waals surface area contributed by atoms with Crippen molar-refractivity contribution >= 4 is 40.7 Å². The van der Waals surface area contributed by atoms with Crippen LogP contribution in [0.4, 0.5) is 5.69 Å². The third-order valence-electron chi connectivity index (χ3n) is 4.16. The summed E-state index contributed by atoms with van der Waals surface area (Å²) in [7, 11) is 0. The standard InChI is InChI=1S/C18H20Cl2N4O2/c1-10(2)21-18(26)16-22-15(13-8-3-4-9-24(13)16)17(25)23-14-11(19)6-5-7-12(14)20/h5-7,10H,3-4,8-9H2,1-2H3,(H,21,26)(H,23,25). The average Bonchev–Trinajstić information content (AvgIpc) is 2.97. The molecule has 2 N–H and O–H groups in total. The lowest BCUT2D eigenvalue weighted by atomic mass is 10.1. The van der Waals surface area contributed by atoms with Crippen LogP contribution in [0.2, 0.25) is 10.0 Å². The molecule has 6 nitrogen and oxygen atoms in total. The molecule has 138 valence electrons. The van der Waals surface area contributed by atoms with Crippen LogP contribution in [-0.4, -0.2) is 27.4 Å². The first-order chi connectivity index (χ1) is 12.4. The van der Waals surface area contributed by atoms with Gasteiger partial charge in [0.2, 0.25) is 0 Å². The molecule has 3 rings (SSSR count). The zero-order valence-electron chi connectivity index (χ0n) is 14.6. The number of nitrogens with one attached hydrogen (secondary N) is 2. The first kappa shape index (κ1) is 18.7.